The van der Waals surface area contributed by atoms with Crippen LogP contribution in [0, 0.1) is 76.4 Å². The van der Waals surface area contributed by atoms with Crippen LogP contribution in [0.15, 0.2) is 130 Å². The van der Waals surface area contributed by atoms with E-state index >= 15 is 0 Å². The maximum absolute atomic E-state index is 10.5. The fraction of sp³-hybridized carbons (Fsp3) is 0.810. The van der Waals surface area contributed by atoms with Crippen LogP contribution in [0.4, 0.5) is 0 Å². The number of aliphatic hydroxyl groups excluding tert-OH is 5. The molecule has 732 valence electrons. The van der Waals surface area contributed by atoms with E-state index in [1.165, 1.54) is 231 Å². The Hall–Kier alpha value is -3.18. The molecule has 8 N–H and O–H groups in total. The Kier molecular flexibility index (Phi) is 84.1. The van der Waals surface area contributed by atoms with Gasteiger partial charge in [0.2, 0.25) is 0 Å². The second kappa shape index (κ2) is 80.7. The van der Waals surface area contributed by atoms with E-state index in [-0.39, 0.29) is 19.8 Å². The smallest absolute Gasteiger partial charge is 0.105 e. The second-order valence-corrected chi connectivity index (χ2v) is 43.5. The average Bonchev–Trinajstić information content (AvgIpc) is 0.840. The molecule has 2 aliphatic carbocycles. The Morgan fingerprint density at radius 2 is 0.863 bits per heavy atom. The van der Waals surface area contributed by atoms with Crippen molar-refractivity contribution in [2.45, 2.75) is 507 Å². The molecule has 0 saturated heterocycles. The number of aliphatic hydroxyl groups is 8. The molecule has 2 aliphatic rings. The topological polar surface area (TPSA) is 162 Å². The molecule has 13 atom stereocenters. The molecule has 0 fully saturated rings. The van der Waals surface area contributed by atoms with Gasteiger partial charge in [-0.3, -0.25) is 0 Å². The van der Waals surface area contributed by atoms with Crippen molar-refractivity contribution in [3.05, 3.63) is 130 Å². The molecular weight excluding hydrogens is 1520 g/mol. The molecule has 0 aromatic carbocycles. The van der Waals surface area contributed by atoms with Crippen LogP contribution in [-0.4, -0.2) is 90.2 Å². The predicted octanol–water partition coefficient (Wildman–Crippen LogP) is 33.9. The Labute approximate surface area is 775 Å². The summed E-state index contributed by atoms with van der Waals surface area (Å²) in [5.41, 5.74) is 10.3. The Morgan fingerprint density at radius 3 is 1.23 bits per heavy atom. The lowest BCUT2D eigenvalue weighted by Crippen LogP contribution is -2.41. The fourth-order valence-corrected chi connectivity index (χ4v) is 16.6. The van der Waals surface area contributed by atoms with Gasteiger partial charge in [0.15, 0.2) is 0 Å². The van der Waals surface area contributed by atoms with Crippen molar-refractivity contribution in [1.29, 1.82) is 0 Å². The minimum absolute atomic E-state index is 0.0985. The Bertz CT molecular complexity index is 2780. The monoisotopic (exact) mass is 1740 g/mol. The van der Waals surface area contributed by atoms with Crippen LogP contribution in [0.2, 0.25) is 0 Å². The summed E-state index contributed by atoms with van der Waals surface area (Å²) in [4.78, 5) is 0. The van der Waals surface area contributed by atoms with E-state index in [1.807, 2.05) is 39.0 Å². The highest BCUT2D eigenvalue weighted by Gasteiger charge is 2.32. The van der Waals surface area contributed by atoms with Crippen molar-refractivity contribution < 1.29 is 40.9 Å². The SMILES string of the molecule is C/C(=C\CO)CCC[C@@H](C)CCC[C@@H](C)CCCC(C)C.C=CC(C)(O)CCCC(C)CCCC(C)CCCC(C)C.CC(C)=CCC[C@@](C)(O)[C@@H]1CC=C(C)CC1.CC(C)=CCC[C@H](C)CCO.CC(C)CCCC(C)CCCC(C)CCCC(C)(O)C(O)CO.CC1=C(/C=C/C(C)=C/C=C/C(C)=C/CO)C(C)(C)CCC1.CCC[C@H](C)CCC=C(C)C. The maximum atomic E-state index is 10.5. The van der Waals surface area contributed by atoms with Crippen molar-refractivity contribution in [3.63, 3.8) is 0 Å². The van der Waals surface area contributed by atoms with Gasteiger partial charge in [-0.25, -0.2) is 0 Å². The third-order valence-electron chi connectivity index (χ3n) is 26.1. The van der Waals surface area contributed by atoms with Crippen LogP contribution < -0.4 is 0 Å². The maximum Gasteiger partial charge on any atom is 0.105 e. The standard InChI is InChI=1S/C20H42O3.C20H30O.2C20H40O.C15H26O.C11H22.C10H20O/c1-16(2)9-6-10-17(3)11-7-12-18(4)13-8-14-20(5,23)19(22)15-21;1-16(8-6-9-17(2)13-15-21)11-12-19-18(3)10-7-14-20(19,4)5;1-17(2)9-6-10-18(3)11-7-12-19(4)13-8-14-20(5)15-16-21;1-7-20(6,21)16-10-15-19(5)14-9-13-18(4)12-8-11-17(2)3;1-12(2)6-5-11-15(4,16)14-9-7-13(3)8-10-14;1-5-7-11(4)9-6-8-10(2)3;1-9(2)5-4-6-10(3)7-8-11/h16-19,21-23H,6-15H2,1-5H3;6,8-9,11-13,21H,7,10,14-15H2,1-5H3;15,17-19,21H,6-14,16H2,1-5H3;7,17-19,21H,1,8-16H2,2-6H3;6-7,14,16H,5,8-11H2,1-4H3;8,11H,5-7,9H2,1-4H3;5,10-11H,4,6-8H2,1-3H3/b;9-6+,12-11+,16-8+,17-13+;20-15+;;;;/t;;18-,19-;;14-,15-;11-;10-/m..0.100/s1. The minimum Gasteiger partial charge on any atom is -0.396 e. The third kappa shape index (κ3) is 85.6. The molecular formula is C116H220O8. The first-order chi connectivity index (χ1) is 58.0. The summed E-state index contributed by atoms with van der Waals surface area (Å²) in [6, 6.07) is 0. The number of hydrogen-bond acceptors (Lipinski definition) is 8. The van der Waals surface area contributed by atoms with Crippen molar-refractivity contribution in [2.24, 2.45) is 76.4 Å². The summed E-state index contributed by atoms with van der Waals surface area (Å²) in [7, 11) is 0. The quantitative estimate of drug-likeness (QED) is 0.0221. The van der Waals surface area contributed by atoms with Crippen LogP contribution in [-0.2, 0) is 0 Å². The summed E-state index contributed by atoms with van der Waals surface area (Å²) >= 11 is 0. The van der Waals surface area contributed by atoms with E-state index in [0.29, 0.717) is 36.2 Å². The van der Waals surface area contributed by atoms with Gasteiger partial charge in [0.05, 0.1) is 36.6 Å². The average molecular weight is 1740 g/mol. The molecule has 124 heavy (non-hydrogen) atoms. The van der Waals surface area contributed by atoms with E-state index < -0.39 is 22.9 Å². The molecule has 7 unspecified atom stereocenters. The molecule has 0 bridgehead atoms. The van der Waals surface area contributed by atoms with Crippen LogP contribution in [0.25, 0.3) is 0 Å². The van der Waals surface area contributed by atoms with E-state index in [9.17, 15) is 20.4 Å². The summed E-state index contributed by atoms with van der Waals surface area (Å²) in [5.74, 6) is 9.50. The van der Waals surface area contributed by atoms with Gasteiger partial charge < -0.3 is 40.9 Å². The molecule has 0 aromatic heterocycles. The zero-order valence-corrected chi connectivity index (χ0v) is 88.7. The van der Waals surface area contributed by atoms with Gasteiger partial charge in [0.25, 0.3) is 0 Å². The molecule has 8 heteroatoms. The zero-order chi connectivity index (χ0) is 95.7. The Balaban J connectivity index is -0.000000450. The zero-order valence-electron chi connectivity index (χ0n) is 88.7. The van der Waals surface area contributed by atoms with E-state index in [2.05, 4.69) is 236 Å². The van der Waals surface area contributed by atoms with Crippen molar-refractivity contribution in [2.75, 3.05) is 26.4 Å². The molecule has 0 aliphatic heterocycles. The largest absolute Gasteiger partial charge is 0.396 e. The summed E-state index contributed by atoms with van der Waals surface area (Å²) < 4.78 is 0. The second-order valence-electron chi connectivity index (χ2n) is 43.5. The van der Waals surface area contributed by atoms with E-state index in [4.69, 9.17) is 20.4 Å². The van der Waals surface area contributed by atoms with Gasteiger partial charge in [0.1, 0.15) is 6.10 Å². The van der Waals surface area contributed by atoms with Crippen LogP contribution >= 0.6 is 0 Å². The highest BCUT2D eigenvalue weighted by atomic mass is 16.4. The molecule has 0 radical (unpaired) electrons. The summed E-state index contributed by atoms with van der Waals surface area (Å²) in [5, 5.41) is 75.2. The lowest BCUT2D eigenvalue weighted by molar-refractivity contribution is -0.0886. The first kappa shape index (κ1) is 129. The predicted molar refractivity (Wildman–Crippen MR) is 555 cm³/mol. The molecule has 0 aromatic rings. The van der Waals surface area contributed by atoms with E-state index in [0.717, 1.165) is 136 Å². The highest BCUT2D eigenvalue weighted by Crippen LogP contribution is 2.41. The van der Waals surface area contributed by atoms with Gasteiger partial charge in [0, 0.05) is 6.61 Å². The molecule has 0 spiro atoms. The van der Waals surface area contributed by atoms with E-state index in [1.54, 1.807) is 19.1 Å². The first-order valence-electron chi connectivity index (χ1n) is 51.6. The molecule has 0 heterocycles. The lowest BCUT2D eigenvalue weighted by atomic mass is 9.72. The van der Waals surface area contributed by atoms with Gasteiger partial charge in [-0.2, -0.15) is 0 Å². The molecule has 0 saturated carbocycles. The summed E-state index contributed by atoms with van der Waals surface area (Å²) in [6.07, 6.45) is 75.9. The first-order valence-corrected chi connectivity index (χ1v) is 51.6. The molecule has 2 rings (SSSR count). The van der Waals surface area contributed by atoms with Gasteiger partial charge in [-0.05, 0) is 288 Å². The van der Waals surface area contributed by atoms with Crippen molar-refractivity contribution in [3.8, 4) is 0 Å². The number of hydrogen-bond donors (Lipinski definition) is 8. The molecule has 8 nitrogen and oxygen atoms in total. The number of allylic oxidation sites excluding steroid dienone is 18. The minimum atomic E-state index is -1.17. The highest BCUT2D eigenvalue weighted by molar-refractivity contribution is 5.37. The van der Waals surface area contributed by atoms with Crippen LogP contribution in [0.3, 0.4) is 0 Å². The van der Waals surface area contributed by atoms with Gasteiger partial charge >= 0.3 is 0 Å². The fourth-order valence-electron chi connectivity index (χ4n) is 16.6. The van der Waals surface area contributed by atoms with Crippen LogP contribution in [0.1, 0.15) is 484 Å². The van der Waals surface area contributed by atoms with Crippen molar-refractivity contribution >= 4 is 0 Å². The van der Waals surface area contributed by atoms with Crippen LogP contribution in [0.5, 0.6) is 0 Å². The van der Waals surface area contributed by atoms with Crippen molar-refractivity contribution in [1.82, 2.24) is 0 Å². The lowest BCUT2D eigenvalue weighted by Gasteiger charge is -2.34. The Morgan fingerprint density at radius 1 is 0.468 bits per heavy atom. The van der Waals surface area contributed by atoms with Gasteiger partial charge in [-0.1, -0.05) is 396 Å². The number of rotatable bonds is 59. The van der Waals surface area contributed by atoms with Gasteiger partial charge in [-0.15, -0.1) is 6.58 Å². The summed E-state index contributed by atoms with van der Waals surface area (Å²) in [6.45, 7) is 72.5. The molecule has 0 amide bonds. The third-order valence-corrected chi connectivity index (χ3v) is 26.1. The normalized spacial score (nSPS) is 18.0.